The smallest absolute Gasteiger partial charge is 0.307 e. The number of benzene rings is 1. The van der Waals surface area contributed by atoms with Crippen LogP contribution in [0.25, 0.3) is 0 Å². The average Bonchev–Trinajstić information content (AvgIpc) is 3.41. The van der Waals surface area contributed by atoms with E-state index in [0.29, 0.717) is 24.7 Å². The molecule has 2 heterocycles. The van der Waals surface area contributed by atoms with Crippen LogP contribution in [-0.2, 0) is 11.2 Å². The standard InChI is InChI=1S/C21H32N6O2/c1-3-6-18(21(28)29)19(20-23-25-26-24-20)13-15-8-10-16(11-9-15)22-14-17-7-5-12-27(17)4-2/h8-11,17-19,22H,3-7,12-14H2,1-2H3,(H,28,29)(H,23,24,25,26)/t17?,18-,19-/m0/s1. The molecule has 1 aliphatic heterocycles. The second-order valence-electron chi connectivity index (χ2n) is 7.82. The summed E-state index contributed by atoms with van der Waals surface area (Å²) in [6.07, 6.45) is 4.48. The molecular weight excluding hydrogens is 368 g/mol. The van der Waals surface area contributed by atoms with Gasteiger partial charge < -0.3 is 10.4 Å². The summed E-state index contributed by atoms with van der Waals surface area (Å²) in [5.41, 5.74) is 2.17. The molecule has 0 aliphatic carbocycles. The lowest BCUT2D eigenvalue weighted by Gasteiger charge is -2.23. The maximum absolute atomic E-state index is 11.8. The molecule has 3 N–H and O–H groups in total. The molecule has 2 aromatic rings. The number of hydrogen-bond acceptors (Lipinski definition) is 6. The minimum atomic E-state index is -0.808. The Kier molecular flexibility index (Phi) is 7.57. The lowest BCUT2D eigenvalue weighted by molar-refractivity contribution is -0.142. The maximum atomic E-state index is 11.8. The molecule has 1 aliphatic rings. The Morgan fingerprint density at radius 1 is 1.34 bits per heavy atom. The van der Waals surface area contributed by atoms with Gasteiger partial charge >= 0.3 is 5.97 Å². The number of tetrazole rings is 1. The van der Waals surface area contributed by atoms with E-state index in [1.807, 2.05) is 6.92 Å². The van der Waals surface area contributed by atoms with Gasteiger partial charge in [0.2, 0.25) is 0 Å². The van der Waals surface area contributed by atoms with Crippen molar-refractivity contribution in [2.24, 2.45) is 5.92 Å². The van der Waals surface area contributed by atoms with E-state index in [0.717, 1.165) is 30.8 Å². The highest BCUT2D eigenvalue weighted by atomic mass is 16.4. The van der Waals surface area contributed by atoms with Crippen molar-refractivity contribution >= 4 is 11.7 Å². The number of anilines is 1. The SMILES string of the molecule is CCC[C@H](C(=O)O)[C@H](Cc1ccc(NCC2CCCN2CC)cc1)c1nn[nH]n1. The lowest BCUT2D eigenvalue weighted by Crippen LogP contribution is -2.34. The molecule has 1 aromatic heterocycles. The van der Waals surface area contributed by atoms with E-state index >= 15 is 0 Å². The molecule has 0 bridgehead atoms. The summed E-state index contributed by atoms with van der Waals surface area (Å²) >= 11 is 0. The maximum Gasteiger partial charge on any atom is 0.307 e. The van der Waals surface area contributed by atoms with Crippen molar-refractivity contribution in [3.05, 3.63) is 35.7 Å². The van der Waals surface area contributed by atoms with Gasteiger partial charge in [0, 0.05) is 24.2 Å². The fraction of sp³-hybridized carbons (Fsp3) is 0.619. The molecule has 0 spiro atoms. The predicted octanol–water partition coefficient (Wildman–Crippen LogP) is 2.92. The number of likely N-dealkylation sites (tertiary alicyclic amines) is 1. The van der Waals surface area contributed by atoms with E-state index < -0.39 is 11.9 Å². The zero-order chi connectivity index (χ0) is 20.6. The van der Waals surface area contributed by atoms with Crippen LogP contribution in [0.15, 0.2) is 24.3 Å². The number of aromatic amines is 1. The molecule has 3 rings (SSSR count). The van der Waals surface area contributed by atoms with Gasteiger partial charge in [-0.25, -0.2) is 0 Å². The molecule has 8 nitrogen and oxygen atoms in total. The molecule has 29 heavy (non-hydrogen) atoms. The van der Waals surface area contributed by atoms with E-state index in [4.69, 9.17) is 0 Å². The highest BCUT2D eigenvalue weighted by Gasteiger charge is 2.32. The van der Waals surface area contributed by atoms with Crippen LogP contribution in [0, 0.1) is 5.92 Å². The quantitative estimate of drug-likeness (QED) is 0.532. The number of H-pyrrole nitrogens is 1. The van der Waals surface area contributed by atoms with Gasteiger partial charge in [0.15, 0.2) is 5.82 Å². The fourth-order valence-corrected chi connectivity index (χ4v) is 4.34. The minimum absolute atomic E-state index is 0.304. The van der Waals surface area contributed by atoms with Crippen molar-refractivity contribution in [3.63, 3.8) is 0 Å². The number of nitrogens with one attached hydrogen (secondary N) is 2. The van der Waals surface area contributed by atoms with Crippen LogP contribution in [0.5, 0.6) is 0 Å². The van der Waals surface area contributed by atoms with E-state index in [9.17, 15) is 9.90 Å². The van der Waals surface area contributed by atoms with E-state index in [1.54, 1.807) is 0 Å². The zero-order valence-corrected chi connectivity index (χ0v) is 17.3. The summed E-state index contributed by atoms with van der Waals surface area (Å²) in [5, 5.41) is 27.5. The molecule has 1 unspecified atom stereocenters. The zero-order valence-electron chi connectivity index (χ0n) is 17.3. The minimum Gasteiger partial charge on any atom is -0.481 e. The molecule has 1 aromatic carbocycles. The Labute approximate surface area is 172 Å². The second kappa shape index (κ2) is 10.3. The van der Waals surface area contributed by atoms with Gasteiger partial charge in [0.1, 0.15) is 0 Å². The Bertz CT molecular complexity index is 749. The molecule has 0 radical (unpaired) electrons. The summed E-state index contributed by atoms with van der Waals surface area (Å²) in [6, 6.07) is 8.87. The van der Waals surface area contributed by atoms with Crippen molar-refractivity contribution in [3.8, 4) is 0 Å². The van der Waals surface area contributed by atoms with Gasteiger partial charge in [-0.2, -0.15) is 5.21 Å². The number of rotatable bonds is 11. The van der Waals surface area contributed by atoms with Crippen LogP contribution in [0.4, 0.5) is 5.69 Å². The third-order valence-electron chi connectivity index (χ3n) is 5.95. The van der Waals surface area contributed by atoms with Gasteiger partial charge in [0.25, 0.3) is 0 Å². The summed E-state index contributed by atoms with van der Waals surface area (Å²) in [5.74, 6) is -1.18. The van der Waals surface area contributed by atoms with Gasteiger partial charge in [0.05, 0.1) is 5.92 Å². The third kappa shape index (κ3) is 5.53. The Morgan fingerprint density at radius 2 is 2.14 bits per heavy atom. The third-order valence-corrected chi connectivity index (χ3v) is 5.95. The molecule has 0 amide bonds. The Hall–Kier alpha value is -2.48. The predicted molar refractivity (Wildman–Crippen MR) is 112 cm³/mol. The monoisotopic (exact) mass is 400 g/mol. The topological polar surface area (TPSA) is 107 Å². The number of nitrogens with zero attached hydrogens (tertiary/aromatic N) is 4. The molecule has 3 atom stereocenters. The van der Waals surface area contributed by atoms with Crippen molar-refractivity contribution in [2.45, 2.75) is 57.9 Å². The number of carbonyl (C=O) groups is 1. The first-order chi connectivity index (χ1) is 14.1. The summed E-state index contributed by atoms with van der Waals surface area (Å²) < 4.78 is 0. The fourth-order valence-electron chi connectivity index (χ4n) is 4.34. The highest BCUT2D eigenvalue weighted by Crippen LogP contribution is 2.30. The van der Waals surface area contributed by atoms with Crippen LogP contribution in [0.3, 0.4) is 0 Å². The van der Waals surface area contributed by atoms with Crippen LogP contribution in [0.2, 0.25) is 0 Å². The van der Waals surface area contributed by atoms with Crippen LogP contribution >= 0.6 is 0 Å². The van der Waals surface area contributed by atoms with Gasteiger partial charge in [-0.05, 0) is 56.5 Å². The number of hydrogen-bond donors (Lipinski definition) is 3. The molecule has 1 saturated heterocycles. The van der Waals surface area contributed by atoms with Gasteiger partial charge in [-0.3, -0.25) is 9.69 Å². The molecule has 8 heteroatoms. The first kappa shape index (κ1) is 21.2. The van der Waals surface area contributed by atoms with Crippen molar-refractivity contribution < 1.29 is 9.90 Å². The number of aliphatic carboxylic acids is 1. The van der Waals surface area contributed by atoms with Crippen LogP contribution in [0.1, 0.15) is 56.8 Å². The molecule has 0 saturated carbocycles. The van der Waals surface area contributed by atoms with Crippen molar-refractivity contribution in [2.75, 3.05) is 25.0 Å². The van der Waals surface area contributed by atoms with Gasteiger partial charge in [-0.15, -0.1) is 10.2 Å². The number of carboxylic acids is 1. The van der Waals surface area contributed by atoms with Crippen LogP contribution < -0.4 is 5.32 Å². The number of carboxylic acid groups (broad SMARTS) is 1. The van der Waals surface area contributed by atoms with Crippen molar-refractivity contribution in [1.29, 1.82) is 0 Å². The first-order valence-corrected chi connectivity index (χ1v) is 10.6. The molecule has 158 valence electrons. The van der Waals surface area contributed by atoms with Crippen molar-refractivity contribution in [1.82, 2.24) is 25.5 Å². The summed E-state index contributed by atoms with van der Waals surface area (Å²) in [7, 11) is 0. The number of likely N-dealkylation sites (N-methyl/N-ethyl adjacent to an activating group) is 1. The molecule has 1 fully saturated rings. The van der Waals surface area contributed by atoms with E-state index in [2.05, 4.69) is 62.0 Å². The Balaban J connectivity index is 1.65. The molecular formula is C21H32N6O2. The normalized spacial score (nSPS) is 19.2. The van der Waals surface area contributed by atoms with E-state index in [-0.39, 0.29) is 5.92 Å². The first-order valence-electron chi connectivity index (χ1n) is 10.6. The lowest BCUT2D eigenvalue weighted by atomic mass is 9.83. The number of aromatic nitrogens is 4. The van der Waals surface area contributed by atoms with E-state index in [1.165, 1.54) is 19.4 Å². The van der Waals surface area contributed by atoms with Crippen LogP contribution in [-0.4, -0.2) is 62.3 Å². The average molecular weight is 401 g/mol. The summed E-state index contributed by atoms with van der Waals surface area (Å²) in [6.45, 7) is 7.47. The Morgan fingerprint density at radius 3 is 2.76 bits per heavy atom. The van der Waals surface area contributed by atoms with Gasteiger partial charge in [-0.1, -0.05) is 37.6 Å². The second-order valence-corrected chi connectivity index (χ2v) is 7.82. The summed E-state index contributed by atoms with van der Waals surface area (Å²) in [4.78, 5) is 14.4. The largest absolute Gasteiger partial charge is 0.481 e. The highest BCUT2D eigenvalue weighted by molar-refractivity contribution is 5.71.